The van der Waals surface area contributed by atoms with Gasteiger partial charge >= 0.3 is 0 Å². The van der Waals surface area contributed by atoms with Crippen molar-refractivity contribution in [1.82, 2.24) is 10.2 Å². The van der Waals surface area contributed by atoms with Crippen molar-refractivity contribution in [3.8, 4) is 11.5 Å². The third kappa shape index (κ3) is 5.62. The summed E-state index contributed by atoms with van der Waals surface area (Å²) in [6.45, 7) is 1.69. The van der Waals surface area contributed by atoms with E-state index in [1.54, 1.807) is 38.3 Å². The Morgan fingerprint density at radius 3 is 2.59 bits per heavy atom. The first-order chi connectivity index (χ1) is 13.0. The number of benzene rings is 2. The predicted octanol–water partition coefficient (Wildman–Crippen LogP) is 2.89. The van der Waals surface area contributed by atoms with Crippen LogP contribution in [-0.2, 0) is 16.1 Å². The zero-order chi connectivity index (χ0) is 19.8. The Balaban J connectivity index is 2.16. The Bertz CT molecular complexity index is 797. The van der Waals surface area contributed by atoms with Crippen LogP contribution in [0.5, 0.6) is 11.5 Å². The van der Waals surface area contributed by atoms with Gasteiger partial charge in [-0.05, 0) is 36.8 Å². The second-order valence-corrected chi connectivity index (χ2v) is 6.29. The van der Waals surface area contributed by atoms with E-state index in [2.05, 4.69) is 5.32 Å². The van der Waals surface area contributed by atoms with Crippen molar-refractivity contribution in [3.63, 3.8) is 0 Å². The minimum atomic E-state index is -0.663. The van der Waals surface area contributed by atoms with Crippen LogP contribution in [0.3, 0.4) is 0 Å². The lowest BCUT2D eigenvalue weighted by Crippen LogP contribution is -2.48. The number of amides is 2. The molecule has 0 saturated heterocycles. The maximum absolute atomic E-state index is 12.8. The molecule has 0 spiro atoms. The summed E-state index contributed by atoms with van der Waals surface area (Å²) in [5, 5.41) is 2.99. The molecule has 0 heterocycles. The van der Waals surface area contributed by atoms with Crippen LogP contribution >= 0.6 is 11.6 Å². The van der Waals surface area contributed by atoms with Gasteiger partial charge in [-0.2, -0.15) is 0 Å². The highest BCUT2D eigenvalue weighted by Gasteiger charge is 2.26. The van der Waals surface area contributed by atoms with E-state index in [0.717, 1.165) is 5.56 Å². The van der Waals surface area contributed by atoms with Gasteiger partial charge in [0.05, 0.1) is 12.1 Å². The molecule has 0 fully saturated rings. The summed E-state index contributed by atoms with van der Waals surface area (Å²) in [6.07, 6.45) is 0. The number of likely N-dealkylation sites (N-methyl/N-ethyl adjacent to an activating group) is 1. The molecule has 2 aromatic rings. The number of para-hydroxylation sites is 1. The highest BCUT2D eigenvalue weighted by molar-refractivity contribution is 6.32. The van der Waals surface area contributed by atoms with Crippen molar-refractivity contribution in [2.45, 2.75) is 19.5 Å². The summed E-state index contributed by atoms with van der Waals surface area (Å²) in [5.41, 5.74) is 0.844. The number of carbonyl (C=O) groups excluding carboxylic acids is 2. The van der Waals surface area contributed by atoms with Crippen LogP contribution in [0.4, 0.5) is 0 Å². The summed E-state index contributed by atoms with van der Waals surface area (Å²) in [4.78, 5) is 26.4. The molecule has 0 aliphatic carbocycles. The van der Waals surface area contributed by atoms with Crippen LogP contribution in [0.2, 0.25) is 5.02 Å². The van der Waals surface area contributed by atoms with Gasteiger partial charge in [0.1, 0.15) is 17.5 Å². The fraction of sp³-hybridized carbons (Fsp3) is 0.300. The summed E-state index contributed by atoms with van der Waals surface area (Å²) in [6, 6.07) is 13.6. The number of nitrogens with zero attached hydrogens (tertiary/aromatic N) is 1. The lowest BCUT2D eigenvalue weighted by molar-refractivity contribution is -0.142. The first kappa shape index (κ1) is 20.6. The summed E-state index contributed by atoms with van der Waals surface area (Å²) in [7, 11) is 3.11. The zero-order valence-electron chi connectivity index (χ0n) is 15.6. The molecule has 0 radical (unpaired) electrons. The van der Waals surface area contributed by atoms with E-state index in [9.17, 15) is 9.59 Å². The molecule has 0 bridgehead atoms. The van der Waals surface area contributed by atoms with Crippen molar-refractivity contribution < 1.29 is 19.1 Å². The molecule has 2 aromatic carbocycles. The number of nitrogens with one attached hydrogen (secondary N) is 1. The van der Waals surface area contributed by atoms with Gasteiger partial charge in [-0.3, -0.25) is 9.59 Å². The minimum absolute atomic E-state index is 0.227. The Kier molecular flexibility index (Phi) is 7.49. The van der Waals surface area contributed by atoms with Crippen LogP contribution in [0.15, 0.2) is 48.5 Å². The van der Waals surface area contributed by atoms with Crippen LogP contribution in [0.25, 0.3) is 0 Å². The number of hydrogen-bond donors (Lipinski definition) is 1. The number of rotatable bonds is 8. The van der Waals surface area contributed by atoms with E-state index in [1.807, 2.05) is 24.3 Å². The standard InChI is InChI=1S/C20H23ClN2O4/c1-14(20(25)22-2)23(12-15-7-6-8-16(11-15)26-3)19(24)13-27-18-10-5-4-9-17(18)21/h4-11,14H,12-13H2,1-3H3,(H,22,25)/t14-/m0/s1. The summed E-state index contributed by atoms with van der Waals surface area (Å²) < 4.78 is 10.8. The second kappa shape index (κ2) is 9.83. The molecule has 0 unspecified atom stereocenters. The number of methoxy groups -OCH3 is 1. The van der Waals surface area contributed by atoms with E-state index < -0.39 is 6.04 Å². The quantitative estimate of drug-likeness (QED) is 0.752. The molecule has 2 amide bonds. The zero-order valence-corrected chi connectivity index (χ0v) is 16.3. The van der Waals surface area contributed by atoms with Gasteiger partial charge in [0, 0.05) is 13.6 Å². The second-order valence-electron chi connectivity index (χ2n) is 5.88. The maximum atomic E-state index is 12.8. The number of halogens is 1. The highest BCUT2D eigenvalue weighted by Crippen LogP contribution is 2.23. The average molecular weight is 391 g/mol. The fourth-order valence-electron chi connectivity index (χ4n) is 2.54. The molecular formula is C20H23ClN2O4. The van der Waals surface area contributed by atoms with Gasteiger partial charge in [-0.25, -0.2) is 0 Å². The molecule has 1 atom stereocenters. The van der Waals surface area contributed by atoms with Gasteiger partial charge in [-0.15, -0.1) is 0 Å². The fourth-order valence-corrected chi connectivity index (χ4v) is 2.73. The van der Waals surface area contributed by atoms with E-state index in [0.29, 0.717) is 16.5 Å². The van der Waals surface area contributed by atoms with Gasteiger partial charge in [-0.1, -0.05) is 35.9 Å². The van der Waals surface area contributed by atoms with Crippen molar-refractivity contribution in [3.05, 3.63) is 59.1 Å². The SMILES string of the molecule is CNC(=O)[C@H](C)N(Cc1cccc(OC)c1)C(=O)COc1ccccc1Cl. The number of carbonyl (C=O) groups is 2. The maximum Gasteiger partial charge on any atom is 0.261 e. The molecule has 0 saturated carbocycles. The normalized spacial score (nSPS) is 11.4. The van der Waals surface area contributed by atoms with Gasteiger partial charge in [0.2, 0.25) is 5.91 Å². The van der Waals surface area contributed by atoms with Crippen molar-refractivity contribution in [2.24, 2.45) is 0 Å². The third-order valence-electron chi connectivity index (χ3n) is 4.09. The van der Waals surface area contributed by atoms with Crippen LogP contribution in [0, 0.1) is 0 Å². The smallest absolute Gasteiger partial charge is 0.261 e. The lowest BCUT2D eigenvalue weighted by Gasteiger charge is -2.28. The first-order valence-corrected chi connectivity index (χ1v) is 8.85. The van der Waals surface area contributed by atoms with E-state index in [-0.39, 0.29) is 25.0 Å². The molecule has 27 heavy (non-hydrogen) atoms. The molecule has 7 heteroatoms. The minimum Gasteiger partial charge on any atom is -0.497 e. The molecule has 0 aliphatic heterocycles. The monoisotopic (exact) mass is 390 g/mol. The van der Waals surface area contributed by atoms with Crippen molar-refractivity contribution >= 4 is 23.4 Å². The van der Waals surface area contributed by atoms with E-state index in [1.165, 1.54) is 11.9 Å². The van der Waals surface area contributed by atoms with E-state index in [4.69, 9.17) is 21.1 Å². The third-order valence-corrected chi connectivity index (χ3v) is 4.40. The van der Waals surface area contributed by atoms with Gasteiger partial charge in [0.25, 0.3) is 5.91 Å². The first-order valence-electron chi connectivity index (χ1n) is 8.47. The average Bonchev–Trinajstić information content (AvgIpc) is 2.70. The number of ether oxygens (including phenoxy) is 2. The van der Waals surface area contributed by atoms with E-state index >= 15 is 0 Å². The Hall–Kier alpha value is -2.73. The summed E-state index contributed by atoms with van der Waals surface area (Å²) >= 11 is 6.06. The largest absolute Gasteiger partial charge is 0.497 e. The molecule has 6 nitrogen and oxygen atoms in total. The molecule has 2 rings (SSSR count). The summed E-state index contributed by atoms with van der Waals surface area (Å²) in [5.74, 6) is 0.513. The number of hydrogen-bond acceptors (Lipinski definition) is 4. The topological polar surface area (TPSA) is 67.9 Å². The van der Waals surface area contributed by atoms with Crippen LogP contribution in [-0.4, -0.2) is 43.5 Å². The lowest BCUT2D eigenvalue weighted by atomic mass is 10.1. The molecule has 0 aromatic heterocycles. The van der Waals surface area contributed by atoms with Crippen molar-refractivity contribution in [1.29, 1.82) is 0 Å². The van der Waals surface area contributed by atoms with Crippen molar-refractivity contribution in [2.75, 3.05) is 20.8 Å². The Morgan fingerprint density at radius 2 is 1.93 bits per heavy atom. The van der Waals surface area contributed by atoms with Crippen LogP contribution < -0.4 is 14.8 Å². The predicted molar refractivity (Wildman–Crippen MR) is 104 cm³/mol. The van der Waals surface area contributed by atoms with Gasteiger partial charge in [0.15, 0.2) is 6.61 Å². The molecule has 1 N–H and O–H groups in total. The van der Waals surface area contributed by atoms with Crippen LogP contribution in [0.1, 0.15) is 12.5 Å². The Morgan fingerprint density at radius 1 is 1.19 bits per heavy atom. The van der Waals surface area contributed by atoms with Gasteiger partial charge < -0.3 is 19.7 Å². The molecular weight excluding hydrogens is 368 g/mol. The molecule has 0 aliphatic rings. The Labute approximate surface area is 164 Å². The molecule has 144 valence electrons. The highest BCUT2D eigenvalue weighted by atomic mass is 35.5.